The number of rotatable bonds is 4. The summed E-state index contributed by atoms with van der Waals surface area (Å²) in [6, 6.07) is 0. The van der Waals surface area contributed by atoms with Crippen molar-refractivity contribution in [3.63, 3.8) is 0 Å². The Morgan fingerprint density at radius 3 is 1.62 bits per heavy atom. The predicted molar refractivity (Wildman–Crippen MR) is 57.1 cm³/mol. The maximum absolute atomic E-state index is 11.1. The maximum atomic E-state index is 11.1. The van der Waals surface area contributed by atoms with Gasteiger partial charge < -0.3 is 4.74 Å². The molecule has 2 unspecified atom stereocenters. The van der Waals surface area contributed by atoms with Crippen LogP contribution in [-0.2, 0) is 14.3 Å². The zero-order valence-electron chi connectivity index (χ0n) is 7.69. The van der Waals surface area contributed by atoms with Gasteiger partial charge >= 0.3 is 11.9 Å². The third-order valence-corrected chi connectivity index (χ3v) is 2.65. The Balaban J connectivity index is 3.99. The van der Waals surface area contributed by atoms with Crippen LogP contribution in [0.2, 0.25) is 0 Å². The molecule has 0 aromatic rings. The number of carbonyl (C=O) groups is 2. The number of hydrogen-bond acceptors (Lipinski definition) is 5. The average molecular weight is 222 g/mol. The highest BCUT2D eigenvalue weighted by molar-refractivity contribution is 7.80. The lowest BCUT2D eigenvalue weighted by Crippen LogP contribution is -2.24. The molecule has 0 saturated carbocycles. The molecule has 0 aromatic carbocycles. The molecule has 0 aromatic heterocycles. The summed E-state index contributed by atoms with van der Waals surface area (Å²) >= 11 is 7.85. The van der Waals surface area contributed by atoms with Crippen LogP contribution < -0.4 is 0 Å². The normalized spacial score (nSPS) is 14.8. The van der Waals surface area contributed by atoms with Crippen molar-refractivity contribution in [1.29, 1.82) is 0 Å². The van der Waals surface area contributed by atoms with Crippen LogP contribution in [0.15, 0.2) is 0 Å². The topological polar surface area (TPSA) is 43.4 Å². The first kappa shape index (κ1) is 12.8. The molecule has 0 aliphatic carbocycles. The summed E-state index contributed by atoms with van der Waals surface area (Å²) in [6.45, 7) is 3.32. The minimum atomic E-state index is -0.520. The second-order valence-electron chi connectivity index (χ2n) is 2.91. The molecule has 0 amide bonds. The predicted octanol–water partition coefficient (Wildman–Crippen LogP) is 1.19. The molecule has 0 saturated heterocycles. The van der Waals surface area contributed by atoms with Gasteiger partial charge in [0.05, 0.1) is 11.8 Å². The Kier molecular flexibility index (Phi) is 6.24. The molecule has 0 rings (SSSR count). The fraction of sp³-hybridized carbons (Fsp3) is 0.750. The summed E-state index contributed by atoms with van der Waals surface area (Å²) in [5, 5.41) is 0. The highest BCUT2D eigenvalue weighted by Gasteiger charge is 2.20. The van der Waals surface area contributed by atoms with E-state index >= 15 is 0 Å². The van der Waals surface area contributed by atoms with Crippen LogP contribution in [0.4, 0.5) is 0 Å². The SMILES string of the molecule is CC(CS)C(=O)OC(=O)C(C)CS. The molecular weight excluding hydrogens is 208 g/mol. The first-order valence-corrected chi connectivity index (χ1v) is 5.26. The maximum Gasteiger partial charge on any atom is 0.317 e. The molecule has 0 radical (unpaired) electrons. The van der Waals surface area contributed by atoms with Gasteiger partial charge in [0.2, 0.25) is 0 Å². The second-order valence-corrected chi connectivity index (χ2v) is 3.64. The van der Waals surface area contributed by atoms with E-state index in [0.717, 1.165) is 0 Å². The van der Waals surface area contributed by atoms with Crippen molar-refractivity contribution in [1.82, 2.24) is 0 Å². The molecule has 0 aliphatic heterocycles. The van der Waals surface area contributed by atoms with Gasteiger partial charge in [-0.2, -0.15) is 25.3 Å². The fourth-order valence-electron chi connectivity index (χ4n) is 0.449. The number of carbonyl (C=O) groups excluding carboxylic acids is 2. The fourth-order valence-corrected chi connectivity index (χ4v) is 0.748. The molecule has 2 atom stereocenters. The van der Waals surface area contributed by atoms with Crippen LogP contribution in [0.3, 0.4) is 0 Å². The Morgan fingerprint density at radius 1 is 1.08 bits per heavy atom. The van der Waals surface area contributed by atoms with Crippen molar-refractivity contribution in [2.75, 3.05) is 11.5 Å². The van der Waals surface area contributed by atoms with Gasteiger partial charge in [-0.3, -0.25) is 9.59 Å². The van der Waals surface area contributed by atoms with E-state index in [1.165, 1.54) is 0 Å². The summed E-state index contributed by atoms with van der Waals surface area (Å²) in [6.07, 6.45) is 0. The number of thiol groups is 2. The van der Waals surface area contributed by atoms with Crippen LogP contribution in [-0.4, -0.2) is 23.4 Å². The number of ether oxygens (including phenoxy) is 1. The van der Waals surface area contributed by atoms with E-state index in [1.807, 2.05) is 0 Å². The zero-order valence-corrected chi connectivity index (χ0v) is 9.48. The summed E-state index contributed by atoms with van der Waals surface area (Å²) in [5.74, 6) is -0.982. The monoisotopic (exact) mass is 222 g/mol. The summed E-state index contributed by atoms with van der Waals surface area (Å²) in [7, 11) is 0. The van der Waals surface area contributed by atoms with Crippen LogP contribution in [0, 0.1) is 11.8 Å². The van der Waals surface area contributed by atoms with Crippen LogP contribution in [0.25, 0.3) is 0 Å². The molecule has 0 fully saturated rings. The van der Waals surface area contributed by atoms with Crippen LogP contribution >= 0.6 is 25.3 Å². The number of hydrogen-bond donors (Lipinski definition) is 2. The quantitative estimate of drug-likeness (QED) is 0.426. The van der Waals surface area contributed by atoms with E-state index in [9.17, 15) is 9.59 Å². The van der Waals surface area contributed by atoms with Crippen LogP contribution in [0.1, 0.15) is 13.8 Å². The van der Waals surface area contributed by atoms with Gasteiger partial charge in [-0.1, -0.05) is 13.8 Å². The molecular formula is C8H14O3S2. The first-order valence-electron chi connectivity index (χ1n) is 4.00. The summed E-state index contributed by atoms with van der Waals surface area (Å²) < 4.78 is 4.58. The van der Waals surface area contributed by atoms with E-state index in [0.29, 0.717) is 11.5 Å². The molecule has 0 N–H and O–H groups in total. The van der Waals surface area contributed by atoms with E-state index < -0.39 is 11.9 Å². The van der Waals surface area contributed by atoms with E-state index in [1.54, 1.807) is 13.8 Å². The van der Waals surface area contributed by atoms with Crippen molar-refractivity contribution in [3.05, 3.63) is 0 Å². The molecule has 0 spiro atoms. The largest absolute Gasteiger partial charge is 0.393 e. The minimum absolute atomic E-state index is 0.348. The van der Waals surface area contributed by atoms with Crippen molar-refractivity contribution in [3.8, 4) is 0 Å². The van der Waals surface area contributed by atoms with E-state index in [4.69, 9.17) is 0 Å². The highest BCUT2D eigenvalue weighted by atomic mass is 32.1. The second kappa shape index (κ2) is 6.32. The Labute approximate surface area is 89.0 Å². The first-order chi connectivity index (χ1) is 6.02. The molecule has 0 aliphatic rings. The van der Waals surface area contributed by atoms with Gasteiger partial charge in [0, 0.05) is 11.5 Å². The van der Waals surface area contributed by atoms with E-state index in [-0.39, 0.29) is 11.8 Å². The molecule has 76 valence electrons. The van der Waals surface area contributed by atoms with Crippen molar-refractivity contribution >= 4 is 37.2 Å². The molecule has 0 heterocycles. The van der Waals surface area contributed by atoms with Crippen molar-refractivity contribution in [2.24, 2.45) is 11.8 Å². The van der Waals surface area contributed by atoms with Gasteiger partial charge in [-0.05, 0) is 0 Å². The standard InChI is InChI=1S/C8H14O3S2/c1-5(3-12)7(9)11-8(10)6(2)4-13/h5-6,12-13H,3-4H2,1-2H3. The van der Waals surface area contributed by atoms with Gasteiger partial charge in [-0.15, -0.1) is 0 Å². The van der Waals surface area contributed by atoms with Crippen molar-refractivity contribution < 1.29 is 14.3 Å². The Hall–Kier alpha value is -0.160. The third kappa shape index (κ3) is 4.57. The minimum Gasteiger partial charge on any atom is -0.393 e. The third-order valence-electron chi connectivity index (χ3n) is 1.55. The molecule has 5 heteroatoms. The zero-order chi connectivity index (χ0) is 10.4. The smallest absolute Gasteiger partial charge is 0.317 e. The van der Waals surface area contributed by atoms with E-state index in [2.05, 4.69) is 30.0 Å². The van der Waals surface area contributed by atoms with Gasteiger partial charge in [0.15, 0.2) is 0 Å². The number of esters is 2. The average Bonchev–Trinajstić information content (AvgIpc) is 2.14. The summed E-state index contributed by atoms with van der Waals surface area (Å²) in [4.78, 5) is 22.2. The van der Waals surface area contributed by atoms with Crippen LogP contribution in [0.5, 0.6) is 0 Å². The van der Waals surface area contributed by atoms with Gasteiger partial charge in [0.1, 0.15) is 0 Å². The van der Waals surface area contributed by atoms with Gasteiger partial charge in [0.25, 0.3) is 0 Å². The van der Waals surface area contributed by atoms with Crippen molar-refractivity contribution in [2.45, 2.75) is 13.8 Å². The molecule has 3 nitrogen and oxygen atoms in total. The Morgan fingerprint density at radius 2 is 1.38 bits per heavy atom. The molecule has 0 bridgehead atoms. The lowest BCUT2D eigenvalue weighted by Gasteiger charge is -2.09. The summed E-state index contributed by atoms with van der Waals surface area (Å²) in [5.41, 5.74) is 0. The van der Waals surface area contributed by atoms with Gasteiger partial charge in [-0.25, -0.2) is 0 Å². The molecule has 13 heavy (non-hydrogen) atoms. The highest BCUT2D eigenvalue weighted by Crippen LogP contribution is 2.05. The Bertz CT molecular complexity index is 174. The lowest BCUT2D eigenvalue weighted by atomic mass is 10.2. The lowest BCUT2D eigenvalue weighted by molar-refractivity contribution is -0.163.